The monoisotopic (exact) mass is 608 g/mol. The molecule has 0 bridgehead atoms. The van der Waals surface area contributed by atoms with E-state index in [0.717, 1.165) is 48.0 Å². The van der Waals surface area contributed by atoms with Crippen molar-refractivity contribution < 1.29 is 59.2 Å². The van der Waals surface area contributed by atoms with Gasteiger partial charge in [-0.1, -0.05) is 67.6 Å². The summed E-state index contributed by atoms with van der Waals surface area (Å²) in [6.45, 7) is 4.59. The third kappa shape index (κ3) is 12.1. The predicted octanol–water partition coefficient (Wildman–Crippen LogP) is 3.26. The number of hydrogen-bond donors (Lipinski definition) is 1. The van der Waals surface area contributed by atoms with E-state index in [1.807, 2.05) is 110 Å². The van der Waals surface area contributed by atoms with Crippen LogP contribution < -0.4 is 48.8 Å². The number of likely N-dealkylation sites (N-methyl/N-ethyl adjacent to an activating group) is 1. The Morgan fingerprint density at radius 1 is 0.659 bits per heavy atom. The van der Waals surface area contributed by atoms with Gasteiger partial charge in [-0.15, -0.1) is 0 Å². The Balaban J connectivity index is 0.000000421. The molecule has 4 aromatic carbocycles. The van der Waals surface area contributed by atoms with Gasteiger partial charge in [0.15, 0.2) is 12.6 Å². The van der Waals surface area contributed by atoms with Crippen LogP contribution in [0.15, 0.2) is 97.1 Å². The van der Waals surface area contributed by atoms with Gasteiger partial charge < -0.3 is 29.9 Å². The number of aliphatic hydroxyl groups is 1. The van der Waals surface area contributed by atoms with E-state index >= 15 is 0 Å². The van der Waals surface area contributed by atoms with Crippen LogP contribution >= 0.6 is 0 Å². The Morgan fingerprint density at radius 2 is 1.07 bits per heavy atom. The molecule has 2 N–H and O–H groups in total. The average molecular weight is 609 g/mol. The molecule has 0 aliphatic heterocycles. The van der Waals surface area contributed by atoms with E-state index < -0.39 is 0 Å². The molecule has 0 saturated heterocycles. The van der Waals surface area contributed by atoms with Crippen molar-refractivity contribution in [3.05, 3.63) is 119 Å². The summed E-state index contributed by atoms with van der Waals surface area (Å²) in [7, 11) is 3.92. The van der Waals surface area contributed by atoms with E-state index in [-0.39, 0.29) is 41.6 Å². The number of ether oxygens (including phenoxy) is 2. The molecule has 8 nitrogen and oxygen atoms in total. The molecule has 0 radical (unpaired) electrons. The fraction of sp³-hybridized carbons (Fsp3) is 0.257. The van der Waals surface area contributed by atoms with Crippen molar-refractivity contribution in [3.63, 3.8) is 0 Å². The van der Waals surface area contributed by atoms with Gasteiger partial charge in [0.2, 0.25) is 0 Å². The van der Waals surface area contributed by atoms with E-state index in [4.69, 9.17) is 14.6 Å². The van der Waals surface area contributed by atoms with Gasteiger partial charge in [-0.2, -0.15) is 0 Å². The molecule has 0 spiro atoms. The molecule has 44 heavy (non-hydrogen) atoms. The minimum absolute atomic E-state index is 0. The average Bonchev–Trinajstić information content (AvgIpc) is 3.04. The summed E-state index contributed by atoms with van der Waals surface area (Å²) < 4.78 is 11.6. The molecule has 0 unspecified atom stereocenters. The molecular weight excluding hydrogens is 567 g/mol. The first-order valence-electron chi connectivity index (χ1n) is 14.0. The summed E-state index contributed by atoms with van der Waals surface area (Å²) >= 11 is 0. The van der Waals surface area contributed by atoms with Gasteiger partial charge in [-0.25, -0.2) is 0 Å². The SMILES string of the molecule is CCCN(C)c1ccc(C=O)c(OCc2ccccc2)c1.CN(CCO)c1ccc(C=O)c(OCc2ccccc2)c1.[Na+].[OH-]. The summed E-state index contributed by atoms with van der Waals surface area (Å²) in [5.41, 5.74) is 5.19. The topological polar surface area (TPSA) is 109 Å². The quantitative estimate of drug-likeness (QED) is 0.172. The van der Waals surface area contributed by atoms with Crippen molar-refractivity contribution >= 4 is 23.9 Å². The number of benzene rings is 4. The van der Waals surface area contributed by atoms with Crippen molar-refractivity contribution in [1.82, 2.24) is 0 Å². The molecule has 0 aliphatic rings. The molecule has 0 heterocycles. The zero-order chi connectivity index (χ0) is 30.2. The van der Waals surface area contributed by atoms with Gasteiger partial charge in [-0.05, 0) is 41.8 Å². The fourth-order valence-corrected chi connectivity index (χ4v) is 4.18. The van der Waals surface area contributed by atoms with Crippen molar-refractivity contribution in [3.8, 4) is 11.5 Å². The van der Waals surface area contributed by atoms with Crippen LogP contribution in [0.25, 0.3) is 0 Å². The summed E-state index contributed by atoms with van der Waals surface area (Å²) in [4.78, 5) is 26.3. The van der Waals surface area contributed by atoms with Crippen LogP contribution in [0.2, 0.25) is 0 Å². The van der Waals surface area contributed by atoms with Crippen molar-refractivity contribution in [2.75, 3.05) is 43.6 Å². The van der Waals surface area contributed by atoms with Gasteiger partial charge in [0.25, 0.3) is 0 Å². The van der Waals surface area contributed by atoms with Gasteiger partial charge in [-0.3, -0.25) is 9.59 Å². The van der Waals surface area contributed by atoms with Crippen molar-refractivity contribution in [1.29, 1.82) is 0 Å². The van der Waals surface area contributed by atoms with Gasteiger partial charge in [0.1, 0.15) is 24.7 Å². The van der Waals surface area contributed by atoms with Crippen LogP contribution in [0.1, 0.15) is 45.2 Å². The van der Waals surface area contributed by atoms with E-state index in [9.17, 15) is 9.59 Å². The Bertz CT molecular complexity index is 1280. The molecule has 4 aromatic rings. The summed E-state index contributed by atoms with van der Waals surface area (Å²) in [5.74, 6) is 1.19. The van der Waals surface area contributed by atoms with Crippen LogP contribution in [0.3, 0.4) is 0 Å². The smallest absolute Gasteiger partial charge is 0.870 e. The number of carbonyl (C=O) groups is 2. The Kier molecular flexibility index (Phi) is 18.4. The molecular formula is C35H41N2NaO6. The second kappa shape index (κ2) is 21.1. The number of nitrogens with zero attached hydrogens (tertiary/aromatic N) is 2. The first-order chi connectivity index (χ1) is 20.5. The molecule has 4 rings (SSSR count). The van der Waals surface area contributed by atoms with Gasteiger partial charge in [0, 0.05) is 50.7 Å². The summed E-state index contributed by atoms with van der Waals surface area (Å²) in [5, 5.41) is 8.99. The van der Waals surface area contributed by atoms with E-state index in [2.05, 4.69) is 11.8 Å². The first-order valence-corrected chi connectivity index (χ1v) is 14.0. The minimum atomic E-state index is 0. The second-order valence-corrected chi connectivity index (χ2v) is 9.80. The van der Waals surface area contributed by atoms with E-state index in [0.29, 0.717) is 42.4 Å². The molecule has 0 amide bonds. The van der Waals surface area contributed by atoms with Crippen LogP contribution in [0, 0.1) is 0 Å². The van der Waals surface area contributed by atoms with E-state index in [1.54, 1.807) is 6.07 Å². The number of hydrogen-bond acceptors (Lipinski definition) is 8. The maximum absolute atomic E-state index is 11.2. The Labute approximate surface area is 282 Å². The maximum Gasteiger partial charge on any atom is 1.00 e. The number of aliphatic hydroxyl groups excluding tert-OH is 1. The van der Waals surface area contributed by atoms with Crippen LogP contribution in [-0.4, -0.2) is 56.9 Å². The third-order valence-corrected chi connectivity index (χ3v) is 6.60. The molecule has 0 atom stereocenters. The van der Waals surface area contributed by atoms with Crippen molar-refractivity contribution in [2.45, 2.75) is 26.6 Å². The molecule has 228 valence electrons. The van der Waals surface area contributed by atoms with Gasteiger partial charge in [0.05, 0.1) is 17.7 Å². The molecule has 9 heteroatoms. The number of rotatable bonds is 14. The number of carbonyl (C=O) groups excluding carboxylic acids is 2. The third-order valence-electron chi connectivity index (χ3n) is 6.60. The molecule has 0 saturated carbocycles. The molecule has 0 aliphatic carbocycles. The second-order valence-electron chi connectivity index (χ2n) is 9.80. The first kappa shape index (κ1) is 38.4. The standard InChI is InChI=1S/C18H21NO2.C17H19NO3.Na.H2O/c1-3-11-19(2)17-10-9-16(13-20)18(12-17)21-14-15-7-5-4-6-8-15;1-18(9-10-19)16-8-7-15(12-20)17(11-16)21-13-14-5-3-2-4-6-14;;/h4-10,12-13H,3,11,14H2,1-2H3;2-8,11-12,19H,9-10,13H2,1H3;;1H2/q;;+1;/p-1. The van der Waals surface area contributed by atoms with E-state index in [1.165, 1.54) is 0 Å². The minimum Gasteiger partial charge on any atom is -0.870 e. The number of aldehydes is 2. The normalized spacial score (nSPS) is 9.73. The number of anilines is 2. The van der Waals surface area contributed by atoms with Crippen LogP contribution in [0.5, 0.6) is 11.5 Å². The molecule has 0 aromatic heterocycles. The van der Waals surface area contributed by atoms with Gasteiger partial charge >= 0.3 is 29.6 Å². The zero-order valence-corrected chi connectivity index (χ0v) is 28.1. The maximum atomic E-state index is 11.2. The summed E-state index contributed by atoms with van der Waals surface area (Å²) in [6, 6.07) is 30.8. The largest absolute Gasteiger partial charge is 1.00 e. The van der Waals surface area contributed by atoms with Crippen molar-refractivity contribution in [2.24, 2.45) is 0 Å². The van der Waals surface area contributed by atoms with Crippen LogP contribution in [0.4, 0.5) is 11.4 Å². The molecule has 0 fully saturated rings. The Morgan fingerprint density at radius 3 is 1.43 bits per heavy atom. The predicted molar refractivity (Wildman–Crippen MR) is 171 cm³/mol. The summed E-state index contributed by atoms with van der Waals surface area (Å²) in [6.07, 6.45) is 2.70. The van der Waals surface area contributed by atoms with Crippen LogP contribution in [-0.2, 0) is 13.2 Å². The fourth-order valence-electron chi connectivity index (χ4n) is 4.18. The Hall–Kier alpha value is -3.66. The zero-order valence-electron chi connectivity index (χ0n) is 26.1.